The fourth-order valence-corrected chi connectivity index (χ4v) is 5.88. The van der Waals surface area contributed by atoms with E-state index in [1.807, 2.05) is 0 Å². The molecule has 164 valence electrons. The maximum atomic E-state index is 12.8. The van der Waals surface area contributed by atoms with Gasteiger partial charge in [0.25, 0.3) is 0 Å². The maximum Gasteiger partial charge on any atom is 0.243 e. The van der Waals surface area contributed by atoms with Crippen LogP contribution in [0.4, 0.5) is 0 Å². The predicted octanol–water partition coefficient (Wildman–Crippen LogP) is 1.53. The molecule has 8 nitrogen and oxygen atoms in total. The minimum Gasteiger partial charge on any atom is -0.356 e. The molecule has 1 saturated heterocycles. The smallest absolute Gasteiger partial charge is 0.243 e. The van der Waals surface area contributed by atoms with Gasteiger partial charge in [-0.1, -0.05) is 18.5 Å². The van der Waals surface area contributed by atoms with Gasteiger partial charge in [-0.05, 0) is 43.5 Å². The number of amides is 1. The van der Waals surface area contributed by atoms with Crippen molar-refractivity contribution in [2.24, 2.45) is 5.92 Å². The average molecular weight is 466 g/mol. The lowest BCUT2D eigenvalue weighted by Crippen LogP contribution is -2.45. The van der Waals surface area contributed by atoms with E-state index in [9.17, 15) is 21.6 Å². The van der Waals surface area contributed by atoms with Gasteiger partial charge in [0.15, 0.2) is 0 Å². The highest BCUT2D eigenvalue weighted by Crippen LogP contribution is 2.24. The second-order valence-corrected chi connectivity index (χ2v) is 11.4. The van der Waals surface area contributed by atoms with Crippen LogP contribution in [0.25, 0.3) is 0 Å². The fourth-order valence-electron chi connectivity index (χ4n) is 3.30. The van der Waals surface area contributed by atoms with Gasteiger partial charge in [-0.3, -0.25) is 4.79 Å². The van der Waals surface area contributed by atoms with Crippen LogP contribution in [0.3, 0.4) is 0 Å². The van der Waals surface area contributed by atoms with Gasteiger partial charge in [0.05, 0.1) is 17.1 Å². The van der Waals surface area contributed by atoms with Crippen LogP contribution in [0.5, 0.6) is 0 Å². The Bertz CT molecular complexity index is 904. The summed E-state index contributed by atoms with van der Waals surface area (Å²) in [7, 11) is -6.93. The lowest BCUT2D eigenvalue weighted by Gasteiger charge is -2.31. The second-order valence-electron chi connectivity index (χ2n) is 7.06. The Kier molecular flexibility index (Phi) is 8.48. The van der Waals surface area contributed by atoms with Crippen LogP contribution in [0.15, 0.2) is 29.2 Å². The Labute approximate surface area is 178 Å². The molecule has 0 aliphatic carbocycles. The van der Waals surface area contributed by atoms with Gasteiger partial charge < -0.3 is 5.32 Å². The Balaban J connectivity index is 1.90. The number of rotatable bonds is 9. The van der Waals surface area contributed by atoms with E-state index in [1.54, 1.807) is 6.92 Å². The van der Waals surface area contributed by atoms with Gasteiger partial charge in [-0.2, -0.15) is 4.31 Å². The molecule has 11 heteroatoms. The van der Waals surface area contributed by atoms with E-state index >= 15 is 0 Å². The normalized spacial score (nSPS) is 18.7. The number of hydrogen-bond acceptors (Lipinski definition) is 5. The number of benzene rings is 1. The zero-order valence-corrected chi connectivity index (χ0v) is 19.1. The molecular weight excluding hydrogens is 438 g/mol. The SMILES string of the molecule is CCN(CCCNC(=O)C1CCCN(S(=O)(=O)c2ccc(Cl)cc2)C1)S(C)(=O)=O. The molecule has 0 spiro atoms. The van der Waals surface area contributed by atoms with Crippen LogP contribution < -0.4 is 5.32 Å². The third-order valence-electron chi connectivity index (χ3n) is 4.91. The summed E-state index contributed by atoms with van der Waals surface area (Å²) in [4.78, 5) is 12.6. The van der Waals surface area contributed by atoms with Crippen LogP contribution in [0, 0.1) is 5.92 Å². The average Bonchev–Trinajstić information content (AvgIpc) is 2.67. The molecule has 1 N–H and O–H groups in total. The van der Waals surface area contributed by atoms with Crippen molar-refractivity contribution in [3.05, 3.63) is 29.3 Å². The molecule has 1 aromatic rings. The largest absolute Gasteiger partial charge is 0.356 e. The lowest BCUT2D eigenvalue weighted by molar-refractivity contribution is -0.126. The second kappa shape index (κ2) is 10.2. The van der Waals surface area contributed by atoms with Crippen molar-refractivity contribution in [2.75, 3.05) is 39.0 Å². The van der Waals surface area contributed by atoms with Crippen molar-refractivity contribution < 1.29 is 21.6 Å². The molecule has 29 heavy (non-hydrogen) atoms. The van der Waals surface area contributed by atoms with Gasteiger partial charge in [0.1, 0.15) is 0 Å². The summed E-state index contributed by atoms with van der Waals surface area (Å²) in [6.45, 7) is 3.31. The number of sulfonamides is 2. The molecular formula is C18H28ClN3O5S2. The first-order chi connectivity index (χ1) is 13.6. The highest BCUT2D eigenvalue weighted by atomic mass is 35.5. The fraction of sp³-hybridized carbons (Fsp3) is 0.611. The van der Waals surface area contributed by atoms with Crippen LogP contribution in [0.1, 0.15) is 26.2 Å². The van der Waals surface area contributed by atoms with E-state index in [1.165, 1.54) is 32.9 Å². The van der Waals surface area contributed by atoms with E-state index in [0.29, 0.717) is 50.5 Å². The molecule has 1 aliphatic rings. The van der Waals surface area contributed by atoms with Crippen LogP contribution in [-0.2, 0) is 24.8 Å². The number of carbonyl (C=O) groups excluding carboxylic acids is 1. The van der Waals surface area contributed by atoms with Crippen molar-refractivity contribution >= 4 is 37.6 Å². The monoisotopic (exact) mass is 465 g/mol. The Hall–Kier alpha value is -1.20. The molecule has 0 saturated carbocycles. The summed E-state index contributed by atoms with van der Waals surface area (Å²) in [5, 5.41) is 3.26. The quantitative estimate of drug-likeness (QED) is 0.557. The Morgan fingerprint density at radius 2 is 1.90 bits per heavy atom. The van der Waals surface area contributed by atoms with Crippen LogP contribution >= 0.6 is 11.6 Å². The standard InChI is InChI=1S/C18H28ClN3O5S2/c1-3-21(28(2,24)25)13-5-11-20-18(23)15-6-4-12-22(14-15)29(26,27)17-9-7-16(19)8-10-17/h7-10,15H,3-6,11-14H2,1-2H3,(H,20,23). The van der Waals surface area contributed by atoms with Crippen LogP contribution in [-0.4, -0.2) is 70.3 Å². The van der Waals surface area contributed by atoms with Crippen molar-refractivity contribution in [3.8, 4) is 0 Å². The molecule has 1 atom stereocenters. The number of piperidine rings is 1. The maximum absolute atomic E-state index is 12.8. The van der Waals surface area contributed by atoms with Crippen molar-refractivity contribution in [3.63, 3.8) is 0 Å². The van der Waals surface area contributed by atoms with Gasteiger partial charge >= 0.3 is 0 Å². The number of carbonyl (C=O) groups is 1. The summed E-state index contributed by atoms with van der Waals surface area (Å²) < 4.78 is 51.5. The van der Waals surface area contributed by atoms with Gasteiger partial charge in [0.2, 0.25) is 26.0 Å². The topological polar surface area (TPSA) is 104 Å². The third-order valence-corrected chi connectivity index (χ3v) is 8.42. The van der Waals surface area contributed by atoms with E-state index in [0.717, 1.165) is 6.26 Å². The summed E-state index contributed by atoms with van der Waals surface area (Å²) in [5.41, 5.74) is 0. The Morgan fingerprint density at radius 3 is 2.48 bits per heavy atom. The van der Waals surface area contributed by atoms with E-state index in [-0.39, 0.29) is 17.3 Å². The first kappa shape index (κ1) is 24.1. The molecule has 1 heterocycles. The molecule has 1 unspecified atom stereocenters. The number of nitrogens with one attached hydrogen (secondary N) is 1. The minimum absolute atomic E-state index is 0.126. The first-order valence-corrected chi connectivity index (χ1v) is 13.2. The zero-order valence-electron chi connectivity index (χ0n) is 16.7. The zero-order chi connectivity index (χ0) is 21.7. The van der Waals surface area contributed by atoms with Gasteiger partial charge in [-0.25, -0.2) is 21.1 Å². The molecule has 1 aliphatic heterocycles. The van der Waals surface area contributed by atoms with Gasteiger partial charge in [-0.15, -0.1) is 0 Å². The summed E-state index contributed by atoms with van der Waals surface area (Å²) >= 11 is 5.83. The summed E-state index contributed by atoms with van der Waals surface area (Å²) in [6, 6.07) is 5.97. The molecule has 0 radical (unpaired) electrons. The van der Waals surface area contributed by atoms with Gasteiger partial charge in [0, 0.05) is 37.7 Å². The lowest BCUT2D eigenvalue weighted by atomic mass is 9.99. The number of nitrogens with zero attached hydrogens (tertiary/aromatic N) is 2. The molecule has 2 rings (SSSR count). The third kappa shape index (κ3) is 6.65. The van der Waals surface area contributed by atoms with Crippen LogP contribution in [0.2, 0.25) is 5.02 Å². The van der Waals surface area contributed by atoms with E-state index in [2.05, 4.69) is 5.32 Å². The predicted molar refractivity (Wildman–Crippen MR) is 113 cm³/mol. The van der Waals surface area contributed by atoms with Crippen molar-refractivity contribution in [2.45, 2.75) is 31.1 Å². The number of halogens is 1. The molecule has 0 bridgehead atoms. The van der Waals surface area contributed by atoms with E-state index < -0.39 is 26.0 Å². The minimum atomic E-state index is -3.68. The highest BCUT2D eigenvalue weighted by Gasteiger charge is 2.33. The molecule has 0 aromatic heterocycles. The summed E-state index contributed by atoms with van der Waals surface area (Å²) in [6.07, 6.45) is 2.87. The first-order valence-electron chi connectivity index (χ1n) is 9.54. The highest BCUT2D eigenvalue weighted by molar-refractivity contribution is 7.89. The molecule has 1 fully saturated rings. The molecule has 1 aromatic carbocycles. The molecule has 1 amide bonds. The summed E-state index contributed by atoms with van der Waals surface area (Å²) in [5.74, 6) is -0.633. The van der Waals surface area contributed by atoms with Crippen molar-refractivity contribution in [1.29, 1.82) is 0 Å². The Morgan fingerprint density at radius 1 is 1.24 bits per heavy atom. The number of hydrogen-bond donors (Lipinski definition) is 1. The van der Waals surface area contributed by atoms with Crippen molar-refractivity contribution in [1.82, 2.24) is 13.9 Å². The van der Waals surface area contributed by atoms with E-state index in [4.69, 9.17) is 11.6 Å².